The fourth-order valence-corrected chi connectivity index (χ4v) is 2.16. The van der Waals surface area contributed by atoms with E-state index in [0.29, 0.717) is 46.0 Å². The van der Waals surface area contributed by atoms with Gasteiger partial charge in [-0.25, -0.2) is 9.36 Å². The first kappa shape index (κ1) is 28.2. The number of phosphoric ester groups is 1. The molecule has 0 rings (SSSR count). The van der Waals surface area contributed by atoms with Gasteiger partial charge in [0.2, 0.25) is 0 Å². The van der Waals surface area contributed by atoms with Crippen LogP contribution in [0.2, 0.25) is 0 Å². The second kappa shape index (κ2) is 19.2. The van der Waals surface area contributed by atoms with Crippen LogP contribution in [0.25, 0.3) is 0 Å². The van der Waals surface area contributed by atoms with E-state index in [4.69, 9.17) is 33.3 Å². The predicted octanol–water partition coefficient (Wildman–Crippen LogP) is 0.577. The number of hydrogen-bond donors (Lipinski definition) is 2. The first-order valence-electron chi connectivity index (χ1n) is 9.13. The van der Waals surface area contributed by atoms with Gasteiger partial charge in [-0.05, 0) is 6.42 Å². The smallest absolute Gasteiger partial charge is 0.447 e. The average Bonchev–Trinajstić information content (AvgIpc) is 2.70. The minimum Gasteiger partial charge on any atom is -0.447 e. The van der Waals surface area contributed by atoms with E-state index in [2.05, 4.69) is 14.4 Å². The maximum Gasteiger partial charge on any atom is 0.471 e. The maximum absolute atomic E-state index is 11.7. The van der Waals surface area contributed by atoms with E-state index in [1.807, 2.05) is 0 Å². The Morgan fingerprint density at radius 2 is 1.62 bits per heavy atom. The molecule has 0 saturated carbocycles. The maximum atomic E-state index is 11.7. The van der Waals surface area contributed by atoms with Gasteiger partial charge in [-0.3, -0.25) is 9.05 Å². The van der Waals surface area contributed by atoms with Crippen LogP contribution in [0.3, 0.4) is 0 Å². The molecular formula is C16H34NO11P. The highest BCUT2D eigenvalue weighted by atomic mass is 31.2. The molecule has 0 aromatic rings. The highest BCUT2D eigenvalue weighted by molar-refractivity contribution is 7.47. The van der Waals surface area contributed by atoms with Crippen LogP contribution >= 0.6 is 7.82 Å². The second-order valence-electron chi connectivity index (χ2n) is 5.53. The molecule has 1 amide bonds. The SMILES string of the molecule is COCCOCC(COC(=O)NCCCOCCOP(=O)(O)OC)OCCOC. The zero-order chi connectivity index (χ0) is 21.8. The summed E-state index contributed by atoms with van der Waals surface area (Å²) in [7, 11) is 0.257. The Balaban J connectivity index is 3.78. The Hall–Kier alpha value is -0.820. The summed E-state index contributed by atoms with van der Waals surface area (Å²) in [5.41, 5.74) is 0. The summed E-state index contributed by atoms with van der Waals surface area (Å²) >= 11 is 0. The lowest BCUT2D eigenvalue weighted by molar-refractivity contribution is -0.0624. The largest absolute Gasteiger partial charge is 0.471 e. The van der Waals surface area contributed by atoms with Crippen molar-refractivity contribution in [3.63, 3.8) is 0 Å². The van der Waals surface area contributed by atoms with Crippen molar-refractivity contribution in [2.24, 2.45) is 0 Å². The van der Waals surface area contributed by atoms with Gasteiger partial charge in [0.1, 0.15) is 12.7 Å². The molecule has 2 unspecified atom stereocenters. The monoisotopic (exact) mass is 447 g/mol. The van der Waals surface area contributed by atoms with Gasteiger partial charge in [0.15, 0.2) is 0 Å². The molecular weight excluding hydrogens is 413 g/mol. The predicted molar refractivity (Wildman–Crippen MR) is 102 cm³/mol. The number of rotatable bonds is 20. The molecule has 174 valence electrons. The summed E-state index contributed by atoms with van der Waals surface area (Å²) < 4.78 is 51.0. The lowest BCUT2D eigenvalue weighted by Gasteiger charge is -2.18. The van der Waals surface area contributed by atoms with Crippen molar-refractivity contribution in [2.75, 3.05) is 87.3 Å². The molecule has 0 spiro atoms. The first-order valence-corrected chi connectivity index (χ1v) is 10.6. The number of ether oxygens (including phenoxy) is 6. The normalized spacial score (nSPS) is 14.3. The molecule has 0 aliphatic heterocycles. The van der Waals surface area contributed by atoms with Gasteiger partial charge in [0.05, 0.1) is 46.2 Å². The van der Waals surface area contributed by atoms with Crippen LogP contribution < -0.4 is 5.32 Å². The van der Waals surface area contributed by atoms with E-state index in [1.54, 1.807) is 14.2 Å². The number of carbonyl (C=O) groups is 1. The number of phosphoric acid groups is 1. The molecule has 0 aliphatic carbocycles. The highest BCUT2D eigenvalue weighted by Gasteiger charge is 2.17. The van der Waals surface area contributed by atoms with E-state index < -0.39 is 20.0 Å². The molecule has 0 aromatic heterocycles. The van der Waals surface area contributed by atoms with Gasteiger partial charge in [-0.2, -0.15) is 0 Å². The third-order valence-electron chi connectivity index (χ3n) is 3.22. The molecule has 0 fully saturated rings. The van der Waals surface area contributed by atoms with Crippen LogP contribution in [0.5, 0.6) is 0 Å². The van der Waals surface area contributed by atoms with E-state index in [0.717, 1.165) is 7.11 Å². The Labute approximate surface area is 171 Å². The summed E-state index contributed by atoms with van der Waals surface area (Å²) in [6.07, 6.45) is -0.457. The third kappa shape index (κ3) is 18.9. The van der Waals surface area contributed by atoms with Crippen LogP contribution in [-0.4, -0.2) is 104 Å². The first-order chi connectivity index (χ1) is 13.9. The lowest BCUT2D eigenvalue weighted by Crippen LogP contribution is -2.33. The van der Waals surface area contributed by atoms with Gasteiger partial charge >= 0.3 is 13.9 Å². The zero-order valence-electron chi connectivity index (χ0n) is 17.3. The van der Waals surface area contributed by atoms with Crippen molar-refractivity contribution in [1.29, 1.82) is 0 Å². The summed E-state index contributed by atoms with van der Waals surface area (Å²) in [5, 5.41) is 2.59. The van der Waals surface area contributed by atoms with Crippen molar-refractivity contribution >= 4 is 13.9 Å². The molecule has 0 radical (unpaired) electrons. The molecule has 2 atom stereocenters. The molecule has 0 saturated heterocycles. The Morgan fingerprint density at radius 3 is 2.31 bits per heavy atom. The third-order valence-corrected chi connectivity index (χ3v) is 4.19. The van der Waals surface area contributed by atoms with Crippen LogP contribution in [0, 0.1) is 0 Å². The van der Waals surface area contributed by atoms with Crippen molar-refractivity contribution in [2.45, 2.75) is 12.5 Å². The van der Waals surface area contributed by atoms with E-state index in [1.165, 1.54) is 0 Å². The number of alkyl carbamates (subject to hydrolysis) is 1. The average molecular weight is 447 g/mol. The molecule has 29 heavy (non-hydrogen) atoms. The lowest BCUT2D eigenvalue weighted by atomic mass is 10.4. The summed E-state index contributed by atoms with van der Waals surface area (Å²) in [4.78, 5) is 20.7. The van der Waals surface area contributed by atoms with Crippen molar-refractivity contribution < 1.29 is 51.7 Å². The fourth-order valence-electron chi connectivity index (χ4n) is 1.75. The number of amides is 1. The van der Waals surface area contributed by atoms with Gasteiger partial charge in [-0.15, -0.1) is 0 Å². The fraction of sp³-hybridized carbons (Fsp3) is 0.938. The van der Waals surface area contributed by atoms with Crippen LogP contribution in [0.15, 0.2) is 0 Å². The summed E-state index contributed by atoms with van der Waals surface area (Å²) in [5.74, 6) is 0. The summed E-state index contributed by atoms with van der Waals surface area (Å²) in [6, 6.07) is 0. The van der Waals surface area contributed by atoms with Gasteiger partial charge in [0.25, 0.3) is 0 Å². The number of nitrogens with one attached hydrogen (secondary N) is 1. The van der Waals surface area contributed by atoms with E-state index >= 15 is 0 Å². The summed E-state index contributed by atoms with van der Waals surface area (Å²) in [6.45, 7) is 2.70. The van der Waals surface area contributed by atoms with Crippen LogP contribution in [0.4, 0.5) is 4.79 Å². The standard InChI is InChI=1S/C16H34NO11P/c1-21-7-9-25-13-15(26-11-8-22-2)14-27-16(18)17-5-4-6-24-10-12-28-29(19,20)23-3/h15H,4-14H2,1-3H3,(H,17,18)(H,19,20). The molecule has 0 aromatic carbocycles. The zero-order valence-corrected chi connectivity index (χ0v) is 18.2. The van der Waals surface area contributed by atoms with E-state index in [-0.39, 0.29) is 26.4 Å². The quantitative estimate of drug-likeness (QED) is 0.200. The number of methoxy groups -OCH3 is 2. The van der Waals surface area contributed by atoms with Crippen LogP contribution in [-0.2, 0) is 42.0 Å². The van der Waals surface area contributed by atoms with Gasteiger partial charge in [0, 0.05) is 34.5 Å². The molecule has 13 heteroatoms. The second-order valence-corrected chi connectivity index (χ2v) is 7.09. The van der Waals surface area contributed by atoms with Gasteiger partial charge < -0.3 is 38.6 Å². The van der Waals surface area contributed by atoms with Crippen molar-refractivity contribution in [3.05, 3.63) is 0 Å². The Kier molecular flexibility index (Phi) is 18.6. The topological polar surface area (TPSA) is 140 Å². The van der Waals surface area contributed by atoms with Crippen LogP contribution in [0.1, 0.15) is 6.42 Å². The highest BCUT2D eigenvalue weighted by Crippen LogP contribution is 2.41. The molecule has 2 N–H and O–H groups in total. The molecule has 0 bridgehead atoms. The Bertz CT molecular complexity index is 441. The number of carbonyl (C=O) groups excluding carboxylic acids is 1. The molecule has 0 aliphatic rings. The van der Waals surface area contributed by atoms with Crippen molar-refractivity contribution in [1.82, 2.24) is 5.32 Å². The van der Waals surface area contributed by atoms with Crippen molar-refractivity contribution in [3.8, 4) is 0 Å². The molecule has 12 nitrogen and oxygen atoms in total. The van der Waals surface area contributed by atoms with Gasteiger partial charge in [-0.1, -0.05) is 0 Å². The minimum absolute atomic E-state index is 0.0388. The molecule has 0 heterocycles. The minimum atomic E-state index is -3.97. The Morgan fingerprint density at radius 1 is 0.931 bits per heavy atom. The number of hydrogen-bond acceptors (Lipinski definition) is 10. The van der Waals surface area contributed by atoms with E-state index in [9.17, 15) is 9.36 Å².